The van der Waals surface area contributed by atoms with Gasteiger partial charge in [0, 0.05) is 5.56 Å². The van der Waals surface area contributed by atoms with Gasteiger partial charge in [0.15, 0.2) is 0 Å². The average molecular weight is 326 g/mol. The van der Waals surface area contributed by atoms with E-state index in [4.69, 9.17) is 4.74 Å². The highest BCUT2D eigenvalue weighted by Gasteiger charge is 2.15. The van der Waals surface area contributed by atoms with Gasteiger partial charge in [0.1, 0.15) is 11.5 Å². The molecule has 0 radical (unpaired) electrons. The van der Waals surface area contributed by atoms with Crippen molar-refractivity contribution in [3.8, 4) is 11.5 Å². The molecule has 2 N–H and O–H groups in total. The zero-order chi connectivity index (χ0) is 17.7. The number of hydrogen-bond donors (Lipinski definition) is 2. The Bertz CT molecular complexity index is 761. The van der Waals surface area contributed by atoms with E-state index in [2.05, 4.69) is 31.3 Å². The summed E-state index contributed by atoms with van der Waals surface area (Å²) < 4.78 is 5.15. The summed E-state index contributed by atoms with van der Waals surface area (Å²) in [4.78, 5) is 12.2. The Morgan fingerprint density at radius 1 is 1.21 bits per heavy atom. The molecule has 0 unspecified atom stereocenters. The molecule has 1 amide bonds. The molecule has 126 valence electrons. The van der Waals surface area contributed by atoms with E-state index in [1.54, 1.807) is 30.3 Å². The van der Waals surface area contributed by atoms with Gasteiger partial charge in [0.2, 0.25) is 0 Å². The van der Waals surface area contributed by atoms with Crippen LogP contribution in [0.3, 0.4) is 0 Å². The molecule has 0 spiro atoms. The Morgan fingerprint density at radius 2 is 1.92 bits per heavy atom. The summed E-state index contributed by atoms with van der Waals surface area (Å²) in [6.07, 6.45) is 1.43. The first-order chi connectivity index (χ1) is 11.3. The fourth-order valence-corrected chi connectivity index (χ4v) is 2.18. The lowest BCUT2D eigenvalue weighted by Crippen LogP contribution is -2.18. The van der Waals surface area contributed by atoms with E-state index in [0.717, 1.165) is 5.56 Å². The lowest BCUT2D eigenvalue weighted by atomic mass is 9.86. The van der Waals surface area contributed by atoms with Gasteiger partial charge < -0.3 is 9.84 Å². The second-order valence-corrected chi connectivity index (χ2v) is 6.42. The van der Waals surface area contributed by atoms with Crippen LogP contribution >= 0.6 is 0 Å². The summed E-state index contributed by atoms with van der Waals surface area (Å²) in [6.45, 7) is 6.26. The predicted octanol–water partition coefficient (Wildman–Crippen LogP) is 3.46. The lowest BCUT2D eigenvalue weighted by molar-refractivity contribution is 0.0952. The van der Waals surface area contributed by atoms with Crippen molar-refractivity contribution in [3.05, 3.63) is 59.2 Å². The smallest absolute Gasteiger partial charge is 0.275 e. The van der Waals surface area contributed by atoms with Crippen molar-refractivity contribution in [1.82, 2.24) is 5.43 Å². The van der Waals surface area contributed by atoms with Crippen molar-refractivity contribution in [1.29, 1.82) is 0 Å². The Balaban J connectivity index is 2.16. The van der Waals surface area contributed by atoms with E-state index >= 15 is 0 Å². The number of para-hydroxylation sites is 1. The van der Waals surface area contributed by atoms with E-state index < -0.39 is 0 Å². The summed E-state index contributed by atoms with van der Waals surface area (Å²) in [5, 5.41) is 13.9. The molecule has 2 rings (SSSR count). The largest absolute Gasteiger partial charge is 0.507 e. The molecule has 0 saturated heterocycles. The topological polar surface area (TPSA) is 70.9 Å². The number of aromatic hydroxyl groups is 1. The van der Waals surface area contributed by atoms with Gasteiger partial charge >= 0.3 is 0 Å². The number of benzene rings is 2. The van der Waals surface area contributed by atoms with Gasteiger partial charge in [0.05, 0.1) is 18.9 Å². The van der Waals surface area contributed by atoms with Crippen LogP contribution in [-0.4, -0.2) is 24.3 Å². The molecule has 5 nitrogen and oxygen atoms in total. The van der Waals surface area contributed by atoms with Gasteiger partial charge in [-0.15, -0.1) is 0 Å². The van der Waals surface area contributed by atoms with Crippen molar-refractivity contribution in [2.75, 3.05) is 7.11 Å². The Kier molecular flexibility index (Phi) is 5.24. The highest BCUT2D eigenvalue weighted by Crippen LogP contribution is 2.26. The second-order valence-electron chi connectivity index (χ2n) is 6.42. The fourth-order valence-electron chi connectivity index (χ4n) is 2.18. The molecule has 24 heavy (non-hydrogen) atoms. The summed E-state index contributed by atoms with van der Waals surface area (Å²) in [5.74, 6) is 0.205. The van der Waals surface area contributed by atoms with E-state index in [9.17, 15) is 9.90 Å². The lowest BCUT2D eigenvalue weighted by Gasteiger charge is -2.19. The molecule has 0 aliphatic rings. The summed E-state index contributed by atoms with van der Waals surface area (Å²) in [7, 11) is 1.51. The standard InChI is InChI=1S/C19H22N2O3/c1-19(2,3)14-9-10-16(22)13(11-14)12-20-21-18(23)15-7-5-6-8-17(15)24-4/h5-12,22H,1-4H3,(H,21,23)/b20-12+. The number of rotatable bonds is 4. The Labute approximate surface area is 142 Å². The number of amides is 1. The number of nitrogens with one attached hydrogen (secondary N) is 1. The molecule has 0 heterocycles. The van der Waals surface area contributed by atoms with Crippen LogP contribution in [0.25, 0.3) is 0 Å². The maximum absolute atomic E-state index is 12.2. The molecule has 0 saturated carbocycles. The third-order valence-corrected chi connectivity index (χ3v) is 3.61. The van der Waals surface area contributed by atoms with Gasteiger partial charge in [-0.25, -0.2) is 5.43 Å². The van der Waals surface area contributed by atoms with Crippen LogP contribution in [0, 0.1) is 0 Å². The minimum absolute atomic E-state index is 0.0447. The van der Waals surface area contributed by atoms with Crippen LogP contribution in [0.4, 0.5) is 0 Å². The fraction of sp³-hybridized carbons (Fsp3) is 0.263. The number of hydrazone groups is 1. The SMILES string of the molecule is COc1ccccc1C(=O)N/N=C/c1cc(C(C)(C)C)ccc1O. The normalized spacial score (nSPS) is 11.5. The number of phenols is 1. The van der Waals surface area contributed by atoms with E-state index in [1.807, 2.05) is 12.1 Å². The van der Waals surface area contributed by atoms with E-state index in [0.29, 0.717) is 16.9 Å². The third kappa shape index (κ3) is 4.13. The van der Waals surface area contributed by atoms with Gasteiger partial charge in [-0.2, -0.15) is 5.10 Å². The zero-order valence-electron chi connectivity index (χ0n) is 14.3. The number of ether oxygens (including phenoxy) is 1. The molecule has 0 fully saturated rings. The van der Waals surface area contributed by atoms with Crippen molar-refractivity contribution >= 4 is 12.1 Å². The van der Waals surface area contributed by atoms with Crippen molar-refractivity contribution in [2.24, 2.45) is 5.10 Å². The maximum atomic E-state index is 12.2. The Morgan fingerprint density at radius 3 is 2.58 bits per heavy atom. The number of nitrogens with zero attached hydrogens (tertiary/aromatic N) is 1. The monoisotopic (exact) mass is 326 g/mol. The quantitative estimate of drug-likeness (QED) is 0.667. The molecule has 0 atom stereocenters. The van der Waals surface area contributed by atoms with Crippen LogP contribution in [0.2, 0.25) is 0 Å². The molecule has 2 aromatic carbocycles. The van der Waals surface area contributed by atoms with Crippen LogP contribution in [0.5, 0.6) is 11.5 Å². The van der Waals surface area contributed by atoms with Crippen LogP contribution in [-0.2, 0) is 5.41 Å². The van der Waals surface area contributed by atoms with Crippen LogP contribution < -0.4 is 10.2 Å². The van der Waals surface area contributed by atoms with Crippen molar-refractivity contribution in [3.63, 3.8) is 0 Å². The second kappa shape index (κ2) is 7.17. The highest BCUT2D eigenvalue weighted by atomic mass is 16.5. The third-order valence-electron chi connectivity index (χ3n) is 3.61. The minimum atomic E-state index is -0.379. The summed E-state index contributed by atoms with van der Waals surface area (Å²) >= 11 is 0. The molecule has 5 heteroatoms. The first-order valence-corrected chi connectivity index (χ1v) is 7.63. The number of phenolic OH excluding ortho intramolecular Hbond substituents is 1. The first kappa shape index (κ1) is 17.5. The van der Waals surface area contributed by atoms with Gasteiger partial charge in [-0.3, -0.25) is 4.79 Å². The molecular weight excluding hydrogens is 304 g/mol. The highest BCUT2D eigenvalue weighted by molar-refractivity contribution is 5.97. The predicted molar refractivity (Wildman–Crippen MR) is 94.9 cm³/mol. The summed E-state index contributed by atoms with van der Waals surface area (Å²) in [6, 6.07) is 12.3. The van der Waals surface area contributed by atoms with Crippen molar-refractivity contribution < 1.29 is 14.6 Å². The molecular formula is C19H22N2O3. The molecule has 0 aliphatic carbocycles. The molecule has 0 aromatic heterocycles. The molecule has 0 aliphatic heterocycles. The van der Waals surface area contributed by atoms with Crippen LogP contribution in [0.15, 0.2) is 47.6 Å². The minimum Gasteiger partial charge on any atom is -0.507 e. The zero-order valence-corrected chi connectivity index (χ0v) is 14.3. The first-order valence-electron chi connectivity index (χ1n) is 7.63. The summed E-state index contributed by atoms with van der Waals surface area (Å²) in [5.41, 5.74) is 4.41. The molecule has 2 aromatic rings. The van der Waals surface area contributed by atoms with Gasteiger partial charge in [0.25, 0.3) is 5.91 Å². The average Bonchev–Trinajstić information content (AvgIpc) is 2.55. The van der Waals surface area contributed by atoms with E-state index in [1.165, 1.54) is 13.3 Å². The number of hydrogen-bond acceptors (Lipinski definition) is 4. The number of methoxy groups -OCH3 is 1. The van der Waals surface area contributed by atoms with Crippen LogP contribution in [0.1, 0.15) is 42.3 Å². The maximum Gasteiger partial charge on any atom is 0.275 e. The van der Waals surface area contributed by atoms with E-state index in [-0.39, 0.29) is 17.1 Å². The molecule has 0 bridgehead atoms. The number of carbonyl (C=O) groups is 1. The van der Waals surface area contributed by atoms with Gasteiger partial charge in [-0.05, 0) is 35.2 Å². The Hall–Kier alpha value is -2.82. The van der Waals surface area contributed by atoms with Crippen molar-refractivity contribution in [2.45, 2.75) is 26.2 Å². The van der Waals surface area contributed by atoms with Gasteiger partial charge in [-0.1, -0.05) is 39.0 Å². The number of carbonyl (C=O) groups excluding carboxylic acids is 1.